The number of anilines is 3. The van der Waals surface area contributed by atoms with Gasteiger partial charge in [-0.3, -0.25) is 19.2 Å². The maximum Gasteiger partial charge on any atom is 0.258 e. The Labute approximate surface area is 416 Å². The summed E-state index contributed by atoms with van der Waals surface area (Å²) in [7, 11) is 3.24. The number of nitrogens with one attached hydrogen (secondary N) is 6. The summed E-state index contributed by atoms with van der Waals surface area (Å²) in [6.45, 7) is 9.39. The Morgan fingerprint density at radius 3 is 2.43 bits per heavy atom. The minimum Gasteiger partial charge on any atom is -0.495 e. The van der Waals surface area contributed by atoms with Gasteiger partial charge < -0.3 is 46.6 Å². The Kier molecular flexibility index (Phi) is 17.1. The molecule has 3 heterocycles. The molecule has 2 saturated carbocycles. The number of aromatic nitrogens is 3. The number of benzene rings is 2. The van der Waals surface area contributed by atoms with Gasteiger partial charge in [-0.15, -0.1) is 11.3 Å². The van der Waals surface area contributed by atoms with E-state index in [2.05, 4.69) is 46.9 Å². The van der Waals surface area contributed by atoms with E-state index in [-0.39, 0.29) is 37.8 Å². The van der Waals surface area contributed by atoms with Crippen LogP contribution in [0, 0.1) is 18.8 Å². The maximum atomic E-state index is 15.2. The molecule has 1 unspecified atom stereocenters. The molecule has 4 amide bonds. The van der Waals surface area contributed by atoms with Gasteiger partial charge in [0.2, 0.25) is 17.8 Å². The van der Waals surface area contributed by atoms with Gasteiger partial charge in [0.25, 0.3) is 11.8 Å². The Hall–Kier alpha value is -5.08. The van der Waals surface area contributed by atoms with Crippen molar-refractivity contribution in [2.75, 3.05) is 56.7 Å². The lowest BCUT2D eigenvalue weighted by Gasteiger charge is -2.39. The number of rotatable bonds is 21. The second-order valence-electron chi connectivity index (χ2n) is 18.8. The number of carbonyl (C=O) groups is 4. The fraction of sp³-hybridized carbons (Fsp3) is 0.531. The lowest BCUT2D eigenvalue weighted by Crippen LogP contribution is -2.61. The third-order valence-corrected chi connectivity index (χ3v) is 16.2. The zero-order valence-electron chi connectivity index (χ0n) is 40.0. The van der Waals surface area contributed by atoms with E-state index in [1.54, 1.807) is 48.3 Å². The predicted octanol–water partition coefficient (Wildman–Crippen LogP) is 6.82. The van der Waals surface area contributed by atoms with E-state index in [0.29, 0.717) is 58.7 Å². The van der Waals surface area contributed by atoms with Gasteiger partial charge in [0.15, 0.2) is 5.67 Å². The number of β-amino-alcohol motifs (C(OH)–C–C–N with tert-alkyl or cyclic N) is 1. The van der Waals surface area contributed by atoms with Crippen molar-refractivity contribution in [3.8, 4) is 16.2 Å². The van der Waals surface area contributed by atoms with Crippen molar-refractivity contribution in [1.82, 2.24) is 41.1 Å². The highest BCUT2D eigenvalue weighted by molar-refractivity contribution is 8.00. The minimum atomic E-state index is -2.01. The van der Waals surface area contributed by atoms with Crippen LogP contribution >= 0.6 is 34.7 Å². The van der Waals surface area contributed by atoms with Gasteiger partial charge >= 0.3 is 0 Å². The number of hydrogen-bond donors (Lipinski definition) is 7. The van der Waals surface area contributed by atoms with E-state index < -0.39 is 46.3 Å². The third-order valence-electron chi connectivity index (χ3n) is 13.3. The van der Waals surface area contributed by atoms with Crippen molar-refractivity contribution in [3.05, 3.63) is 76.0 Å². The second-order valence-corrected chi connectivity index (χ2v) is 21.8. The fourth-order valence-electron chi connectivity index (χ4n) is 8.85. The topological polar surface area (TPSA) is 212 Å². The third kappa shape index (κ3) is 13.0. The summed E-state index contributed by atoms with van der Waals surface area (Å²) in [5, 5.41) is 29.5. The largest absolute Gasteiger partial charge is 0.495 e. The molecule has 69 heavy (non-hydrogen) atoms. The number of thioether (sulfide) groups is 1. The van der Waals surface area contributed by atoms with Crippen molar-refractivity contribution >= 4 is 75.8 Å². The van der Waals surface area contributed by atoms with E-state index in [4.69, 9.17) is 16.3 Å². The first-order chi connectivity index (χ1) is 33.0. The predicted molar refractivity (Wildman–Crippen MR) is 270 cm³/mol. The fourth-order valence-corrected chi connectivity index (χ4v) is 11.2. The van der Waals surface area contributed by atoms with Crippen molar-refractivity contribution in [1.29, 1.82) is 0 Å². The van der Waals surface area contributed by atoms with Crippen LogP contribution < -0.4 is 36.6 Å². The van der Waals surface area contributed by atoms with Crippen LogP contribution in [0.25, 0.3) is 10.4 Å². The van der Waals surface area contributed by atoms with Crippen molar-refractivity contribution in [2.24, 2.45) is 11.8 Å². The number of carbonyl (C=O) groups excluding carboxylic acids is 4. The molecule has 2 aromatic heterocycles. The highest BCUT2D eigenvalue weighted by Gasteiger charge is 2.54. The summed E-state index contributed by atoms with van der Waals surface area (Å²) in [5.41, 5.74) is 3.71. The Morgan fingerprint density at radius 2 is 1.77 bits per heavy atom. The second kappa shape index (κ2) is 22.8. The first-order valence-corrected chi connectivity index (χ1v) is 25.8. The molecule has 1 saturated heterocycles. The number of hydrogen-bond acceptors (Lipinski definition) is 14. The van der Waals surface area contributed by atoms with Gasteiger partial charge in [0.05, 0.1) is 47.2 Å². The number of methoxy groups -OCH3 is 1. The molecule has 372 valence electrons. The summed E-state index contributed by atoms with van der Waals surface area (Å²) < 4.78 is 19.8. The normalized spacial score (nSPS) is 20.6. The molecule has 16 nitrogen and oxygen atoms in total. The minimum absolute atomic E-state index is 0.0479. The summed E-state index contributed by atoms with van der Waals surface area (Å²) in [5.74, 6) is 0.881. The number of amides is 4. The van der Waals surface area contributed by atoms with Crippen LogP contribution in [0.15, 0.2) is 54.2 Å². The molecule has 7 N–H and O–H groups in total. The van der Waals surface area contributed by atoms with Crippen LogP contribution in [0.4, 0.5) is 21.8 Å². The van der Waals surface area contributed by atoms with E-state index >= 15 is 4.39 Å². The number of ether oxygens (including phenoxy) is 1. The molecule has 1 aliphatic heterocycles. The van der Waals surface area contributed by atoms with Crippen LogP contribution in [-0.4, -0.2) is 123 Å². The Balaban J connectivity index is 0.867. The molecule has 2 aromatic carbocycles. The van der Waals surface area contributed by atoms with E-state index in [9.17, 15) is 24.3 Å². The number of nitrogens with zero attached hydrogens (tertiary/aromatic N) is 4. The molecule has 3 fully saturated rings. The van der Waals surface area contributed by atoms with Gasteiger partial charge in [-0.05, 0) is 120 Å². The van der Waals surface area contributed by atoms with Crippen molar-refractivity contribution in [3.63, 3.8) is 0 Å². The quantitative estimate of drug-likeness (QED) is 0.0428. The Bertz CT molecular complexity index is 2450. The first-order valence-electron chi connectivity index (χ1n) is 23.6. The summed E-state index contributed by atoms with van der Waals surface area (Å²) in [4.78, 5) is 70.0. The van der Waals surface area contributed by atoms with E-state index in [0.717, 1.165) is 59.7 Å². The molecular formula is C49H64ClFN10O6S2. The maximum absolute atomic E-state index is 15.2. The van der Waals surface area contributed by atoms with Crippen LogP contribution in [0.3, 0.4) is 0 Å². The zero-order chi connectivity index (χ0) is 49.5. The average Bonchev–Trinajstić information content (AvgIpc) is 3.75. The van der Waals surface area contributed by atoms with Gasteiger partial charge in [0, 0.05) is 43.4 Å². The Morgan fingerprint density at radius 1 is 1.04 bits per heavy atom. The summed E-state index contributed by atoms with van der Waals surface area (Å²) in [6.07, 6.45) is 4.81. The SMILES string of the molecule is CNc1nc(Nc2ccc(C(=O)NCCNCC3CCC(CSC(C)(C)[C@H](NC(=O)C4(F)CC4)C(=O)N4C[C@H](O)CC4C(=O)N[C@@H](C)c4ccc(-c5scnc5C)cc4)CC3)cc2OC)ncc1Cl. The van der Waals surface area contributed by atoms with Crippen molar-refractivity contribution < 1.29 is 33.4 Å². The first kappa shape index (κ1) is 51.8. The number of halogens is 2. The number of likely N-dealkylation sites (tertiary alicyclic amines) is 1. The van der Waals surface area contributed by atoms with Crippen LogP contribution in [0.1, 0.15) is 93.4 Å². The molecule has 0 spiro atoms. The van der Waals surface area contributed by atoms with E-state index in [1.807, 2.05) is 57.5 Å². The number of thiazole rings is 1. The molecule has 2 aliphatic carbocycles. The monoisotopic (exact) mass is 1010 g/mol. The molecule has 3 aliphatic rings. The molecule has 4 atom stereocenters. The molecule has 20 heteroatoms. The smallest absolute Gasteiger partial charge is 0.258 e. The van der Waals surface area contributed by atoms with Crippen molar-refractivity contribution in [2.45, 2.75) is 107 Å². The van der Waals surface area contributed by atoms with Crippen LogP contribution in [-0.2, 0) is 14.4 Å². The highest BCUT2D eigenvalue weighted by atomic mass is 35.5. The molecule has 7 rings (SSSR count). The number of aliphatic hydroxyl groups excluding tert-OH is 1. The lowest BCUT2D eigenvalue weighted by atomic mass is 9.83. The number of aryl methyl sites for hydroxylation is 1. The molecule has 4 aromatic rings. The highest BCUT2D eigenvalue weighted by Crippen LogP contribution is 2.42. The zero-order valence-corrected chi connectivity index (χ0v) is 42.4. The molecule has 0 bridgehead atoms. The molecule has 0 radical (unpaired) electrons. The van der Waals surface area contributed by atoms with Crippen LogP contribution in [0.5, 0.6) is 5.75 Å². The van der Waals surface area contributed by atoms with E-state index in [1.165, 1.54) is 18.2 Å². The lowest BCUT2D eigenvalue weighted by molar-refractivity contribution is -0.143. The van der Waals surface area contributed by atoms with Crippen LogP contribution in [0.2, 0.25) is 5.02 Å². The summed E-state index contributed by atoms with van der Waals surface area (Å²) in [6, 6.07) is 10.5. The van der Waals surface area contributed by atoms with Gasteiger partial charge in [-0.25, -0.2) is 14.4 Å². The summed E-state index contributed by atoms with van der Waals surface area (Å²) >= 11 is 9.24. The molecular weight excluding hydrogens is 943 g/mol. The van der Waals surface area contributed by atoms with Gasteiger partial charge in [0.1, 0.15) is 28.7 Å². The standard InChI is InChI=1S/C49H64ClFN10O6S2/c1-28(32-11-13-33(14-12-32)40-29(2)56-27-68-40)57-44(64)38-22-35(62)25-61(38)45(65)41(59-46(66)49(51)17-18-49)48(3,4)69-26-31-9-7-30(8-10-31)23-53-19-20-54-43(63)34-15-16-37(39(21-34)67-6)58-47-55-24-36(50)42(52-5)60-47/h11-16,21,24,27-28,30-31,35,38,41,53,62H,7-10,17-20,22-23,25-26H2,1-6H3,(H,54,63)(H,57,64)(H,59,66)(H2,52,55,58,60)/t28-,30?,31?,35+,38?,41+/m0/s1. The number of aliphatic hydroxyl groups is 1. The number of alkyl halides is 1. The van der Waals surface area contributed by atoms with Gasteiger partial charge in [-0.2, -0.15) is 16.7 Å². The average molecular weight is 1010 g/mol. The van der Waals surface area contributed by atoms with Gasteiger partial charge in [-0.1, -0.05) is 35.9 Å².